The fourth-order valence-electron chi connectivity index (χ4n) is 15.9. The lowest BCUT2D eigenvalue weighted by Crippen LogP contribution is -2.65. The summed E-state index contributed by atoms with van der Waals surface area (Å²) in [6.07, 6.45) is 79.9. The first-order valence-corrected chi connectivity index (χ1v) is 50.4. The van der Waals surface area contributed by atoms with Crippen LogP contribution in [0.25, 0.3) is 0 Å². The number of unbranched alkanes of at least 4 members (excludes halogenated alkanes) is 60. The zero-order valence-corrected chi connectivity index (χ0v) is 75.6. The van der Waals surface area contributed by atoms with Crippen molar-refractivity contribution in [1.29, 1.82) is 0 Å². The molecule has 0 heterocycles. The van der Waals surface area contributed by atoms with Gasteiger partial charge in [-0.25, -0.2) is 0 Å². The fraction of sp³-hybridized carbons (Fsp3) is 0.968. The molecular weight excluding hydrogens is 1410 g/mol. The minimum Gasteiger partial charge on any atom is -0.394 e. The Hall–Kier alpha value is -1.77. The molecule has 16 nitrogen and oxygen atoms in total. The molecule has 0 aromatic heterocycles. The van der Waals surface area contributed by atoms with Gasteiger partial charge >= 0.3 is 8.80 Å². The third kappa shape index (κ3) is 64.9. The molecule has 0 saturated carbocycles. The summed E-state index contributed by atoms with van der Waals surface area (Å²) in [5.74, 6) is -1.03. The van der Waals surface area contributed by atoms with Crippen LogP contribution in [0.3, 0.4) is 0 Å². The van der Waals surface area contributed by atoms with Crippen LogP contribution in [-0.4, -0.2) is 164 Å². The number of quaternary nitrogens is 1. The number of rotatable bonds is 92. The molecule has 3 amide bonds. The van der Waals surface area contributed by atoms with Gasteiger partial charge in [0.1, 0.15) is 16.6 Å². The lowest BCUT2D eigenvalue weighted by atomic mass is 10.0. The van der Waals surface area contributed by atoms with E-state index in [9.17, 15) is 45.0 Å². The SMILES string of the molecule is CCCCCCCCCCCCCCCCCC[N+](C)(CCCCCCCCCCCCCCCCCC)CCC[Si](OCC(CO)(CO)NC(=O)CCCCCCCCCCCCC)(OCC(CO)(CO)NC(=O)CCCCCCCCCCCCC)OCC(CO)(CO)NC(=O)CCCCCCCCCCCCC. The van der Waals surface area contributed by atoms with Crippen LogP contribution in [0.15, 0.2) is 0 Å². The molecule has 0 aromatic carbocycles. The van der Waals surface area contributed by atoms with Gasteiger partial charge in [0.05, 0.1) is 86.1 Å². The number of carbonyl (C=O) groups is 3. The third-order valence-electron chi connectivity index (χ3n) is 24.0. The maximum absolute atomic E-state index is 14.0. The van der Waals surface area contributed by atoms with E-state index in [1.54, 1.807) is 0 Å². The van der Waals surface area contributed by atoms with Crippen LogP contribution < -0.4 is 16.0 Å². The van der Waals surface area contributed by atoms with Gasteiger partial charge in [-0.2, -0.15) is 0 Å². The van der Waals surface area contributed by atoms with Gasteiger partial charge in [0.25, 0.3) is 0 Å². The topological polar surface area (TPSA) is 236 Å². The van der Waals surface area contributed by atoms with Crippen LogP contribution in [0.1, 0.15) is 478 Å². The third-order valence-corrected chi connectivity index (χ3v) is 26.8. The molecule has 9 N–H and O–H groups in total. The second kappa shape index (κ2) is 79.4. The number of aliphatic hydroxyl groups is 6. The number of amides is 3. The highest BCUT2D eigenvalue weighted by Crippen LogP contribution is 2.28. The lowest BCUT2D eigenvalue weighted by molar-refractivity contribution is -0.910. The number of hydrogen-bond donors (Lipinski definition) is 9. The number of hydrogen-bond acceptors (Lipinski definition) is 12. The molecule has 0 fully saturated rings. The Morgan fingerprint density at radius 1 is 0.243 bits per heavy atom. The summed E-state index contributed by atoms with van der Waals surface area (Å²) in [4.78, 5) is 42.0. The van der Waals surface area contributed by atoms with E-state index in [1.165, 1.54) is 315 Å². The van der Waals surface area contributed by atoms with E-state index in [2.05, 4.69) is 57.6 Å². The first-order valence-electron chi connectivity index (χ1n) is 48.5. The Bertz CT molecular complexity index is 1800. The van der Waals surface area contributed by atoms with Gasteiger partial charge in [-0.3, -0.25) is 14.4 Å². The van der Waals surface area contributed by atoms with E-state index in [4.69, 9.17) is 13.3 Å². The van der Waals surface area contributed by atoms with Crippen molar-refractivity contribution in [1.82, 2.24) is 16.0 Å². The second-order valence-corrected chi connectivity index (χ2v) is 38.1. The van der Waals surface area contributed by atoms with Crippen LogP contribution >= 0.6 is 0 Å². The molecule has 0 aliphatic rings. The quantitative estimate of drug-likeness (QED) is 0.0157. The highest BCUT2D eigenvalue weighted by atomic mass is 28.4. The molecule has 0 saturated heterocycles. The van der Waals surface area contributed by atoms with E-state index in [0.717, 1.165) is 101 Å². The molecule has 662 valence electrons. The predicted molar refractivity (Wildman–Crippen MR) is 471 cm³/mol. The van der Waals surface area contributed by atoms with Crippen molar-refractivity contribution in [3.8, 4) is 0 Å². The highest BCUT2D eigenvalue weighted by molar-refractivity contribution is 6.60. The molecule has 17 heteroatoms. The van der Waals surface area contributed by atoms with Gasteiger partial charge < -0.3 is 64.4 Å². The molecule has 0 spiro atoms. The summed E-state index contributed by atoms with van der Waals surface area (Å²) in [5.41, 5.74) is -5.11. The molecule has 0 radical (unpaired) electrons. The van der Waals surface area contributed by atoms with Gasteiger partial charge in [0.15, 0.2) is 0 Å². The van der Waals surface area contributed by atoms with Gasteiger partial charge in [0, 0.05) is 31.7 Å². The Kier molecular flexibility index (Phi) is 78.1. The smallest absolute Gasteiger partial charge is 0.394 e. The normalized spacial score (nSPS) is 12.4. The predicted octanol–water partition coefficient (Wildman–Crippen LogP) is 23.0. The number of nitrogens with one attached hydrogen (secondary N) is 3. The summed E-state index contributed by atoms with van der Waals surface area (Å²) < 4.78 is 22.0. The van der Waals surface area contributed by atoms with E-state index >= 15 is 0 Å². The Morgan fingerprint density at radius 2 is 0.396 bits per heavy atom. The monoisotopic (exact) mass is 1600 g/mol. The Balaban J connectivity index is 7.25. The van der Waals surface area contributed by atoms with Crippen molar-refractivity contribution in [3.05, 3.63) is 0 Å². The molecule has 0 aliphatic carbocycles. The van der Waals surface area contributed by atoms with E-state index < -0.39 is 84.9 Å². The van der Waals surface area contributed by atoms with Gasteiger partial charge in [-0.05, 0) is 44.9 Å². The zero-order chi connectivity index (χ0) is 81.5. The first kappa shape index (κ1) is 109. The summed E-state index contributed by atoms with van der Waals surface area (Å²) in [7, 11) is -2.07. The van der Waals surface area contributed by atoms with Crippen molar-refractivity contribution < 1.29 is 62.8 Å². The van der Waals surface area contributed by atoms with Crippen molar-refractivity contribution in [2.24, 2.45) is 0 Å². The van der Waals surface area contributed by atoms with Crippen LogP contribution in [-0.2, 0) is 27.7 Å². The Labute approximate surface area is 688 Å². The number of carbonyl (C=O) groups excluding carboxylic acids is 3. The molecule has 0 atom stereocenters. The minimum atomic E-state index is -4.43. The number of nitrogens with zero attached hydrogens (tertiary/aromatic N) is 1. The van der Waals surface area contributed by atoms with E-state index in [-0.39, 0.29) is 43.0 Å². The lowest BCUT2D eigenvalue weighted by Gasteiger charge is -2.41. The standard InChI is InChI=1S/C94H190N4O12Si/c1-7-12-17-22-27-32-37-39-41-43-45-50-55-60-65-70-76-98(6,77-71-66-61-56-51-46-44-42-40-38-33-28-23-18-13-8-2)78-72-79-111(108-86-92(80-99,81-100)95-89(105)73-67-62-57-52-47-34-29-24-19-14-9-3,109-87-93(82-101,83-102)96-90(106)74-68-63-58-53-48-35-30-25-20-15-10-4)110-88-94(84-103,85-104)97-91(107)75-69-64-59-54-49-36-31-26-21-16-11-5/h99-104H,7-88H2,1-6H3,(H2-,95,96,97,105,106,107)/p+1. The highest BCUT2D eigenvalue weighted by Gasteiger charge is 2.49. The van der Waals surface area contributed by atoms with E-state index in [1.807, 2.05) is 0 Å². The van der Waals surface area contributed by atoms with E-state index in [0.29, 0.717) is 32.2 Å². The molecule has 111 heavy (non-hydrogen) atoms. The van der Waals surface area contributed by atoms with Gasteiger partial charge in [-0.15, -0.1) is 0 Å². The molecule has 0 bridgehead atoms. The summed E-state index contributed by atoms with van der Waals surface area (Å²) >= 11 is 0. The van der Waals surface area contributed by atoms with Crippen molar-refractivity contribution in [2.45, 2.75) is 500 Å². The fourth-order valence-corrected chi connectivity index (χ4v) is 18.6. The molecule has 0 unspecified atom stereocenters. The zero-order valence-electron chi connectivity index (χ0n) is 74.6. The number of aliphatic hydroxyl groups excluding tert-OH is 6. The van der Waals surface area contributed by atoms with Gasteiger partial charge in [-0.1, -0.05) is 407 Å². The second-order valence-electron chi connectivity index (χ2n) is 35.3. The van der Waals surface area contributed by atoms with Crippen LogP contribution in [0, 0.1) is 0 Å². The van der Waals surface area contributed by atoms with Crippen molar-refractivity contribution in [2.75, 3.05) is 86.1 Å². The average molecular weight is 1600 g/mol. The maximum Gasteiger partial charge on any atom is 0.501 e. The maximum atomic E-state index is 14.0. The largest absolute Gasteiger partial charge is 0.501 e. The first-order chi connectivity index (χ1) is 54.2. The van der Waals surface area contributed by atoms with Crippen LogP contribution in [0.2, 0.25) is 6.04 Å². The van der Waals surface area contributed by atoms with Crippen LogP contribution in [0.5, 0.6) is 0 Å². The molecule has 0 aliphatic heterocycles. The molecular formula is C94H191N4O12Si+. The minimum absolute atomic E-state index is 0.137. The molecule has 0 rings (SSSR count). The Morgan fingerprint density at radius 3 is 0.568 bits per heavy atom. The van der Waals surface area contributed by atoms with Crippen molar-refractivity contribution in [3.63, 3.8) is 0 Å². The van der Waals surface area contributed by atoms with Crippen molar-refractivity contribution >= 4 is 26.5 Å². The van der Waals surface area contributed by atoms with Crippen LogP contribution in [0.4, 0.5) is 0 Å². The van der Waals surface area contributed by atoms with Gasteiger partial charge in [0.2, 0.25) is 17.7 Å². The average Bonchev–Trinajstić information content (AvgIpc) is 0.799. The summed E-state index contributed by atoms with van der Waals surface area (Å²) in [5, 5.41) is 76.7. The molecule has 0 aromatic rings. The summed E-state index contributed by atoms with van der Waals surface area (Å²) in [6.45, 7) is 8.41. The summed E-state index contributed by atoms with van der Waals surface area (Å²) in [6, 6.07) is 0.137.